The van der Waals surface area contributed by atoms with E-state index in [-0.39, 0.29) is 47.4 Å². The smallest absolute Gasteiger partial charge is 0.335 e. The highest BCUT2D eigenvalue weighted by atomic mass is 16.6. The number of aromatic carboxylic acids is 1. The van der Waals surface area contributed by atoms with E-state index in [1.807, 2.05) is 27.7 Å². The third kappa shape index (κ3) is 6.72. The molecule has 2 saturated heterocycles. The summed E-state index contributed by atoms with van der Waals surface area (Å²) in [6.45, 7) is 15.3. The number of carboxylic acids is 1. The van der Waals surface area contributed by atoms with Crippen molar-refractivity contribution in [3.63, 3.8) is 0 Å². The van der Waals surface area contributed by atoms with E-state index in [4.69, 9.17) is 9.47 Å². The van der Waals surface area contributed by atoms with E-state index in [9.17, 15) is 30.0 Å². The third-order valence-electron chi connectivity index (χ3n) is 10.6. The molecular formula is C34H53O8-. The van der Waals surface area contributed by atoms with Crippen LogP contribution in [0.4, 0.5) is 0 Å². The van der Waals surface area contributed by atoms with Gasteiger partial charge in [0, 0.05) is 11.8 Å². The molecule has 2 aliphatic heterocycles. The summed E-state index contributed by atoms with van der Waals surface area (Å²) < 4.78 is 13.2. The molecule has 2 heterocycles. The largest absolute Gasteiger partial charge is 0.872 e. The molecule has 8 heteroatoms. The van der Waals surface area contributed by atoms with Crippen LogP contribution in [0.1, 0.15) is 115 Å². The highest BCUT2D eigenvalue weighted by molar-refractivity contribution is 5.92. The van der Waals surface area contributed by atoms with Crippen molar-refractivity contribution >= 4 is 11.8 Å². The molecular weight excluding hydrogens is 536 g/mol. The SMILES string of the molecule is CC[C@H](C(=O)[C@H](C)[C@H](O)[C@@H](C)CCc1ccc(C)c([O-])c1C(=O)O)[C@@H]1O[C@@](CC)([C@@H]2CC[C@@](O)(CC)[C@@H](C)O2)C[C@H]1C. The standard InChI is InChI=1S/C34H54O8/c1-9-25(31-21(6)18-34(11-3,42-31)26-16-17-33(40,10-2)23(8)41-26)30(37)22(7)28(35)19(4)12-14-24-15-13-20(5)29(36)27(24)32(38)39/h13,15,19,21-23,25-26,28,31,35-36,40H,9-12,14,16-18H2,1-8H3,(H,38,39)/p-1/t19-,21+,22+,23+,25+,26-,28+,31+,33-,34+/m0/s1. The van der Waals surface area contributed by atoms with Crippen LogP contribution in [-0.2, 0) is 20.7 Å². The molecule has 0 amide bonds. The lowest BCUT2D eigenvalue weighted by Crippen LogP contribution is -2.55. The molecule has 0 aliphatic carbocycles. The summed E-state index contributed by atoms with van der Waals surface area (Å²) in [5.74, 6) is -2.92. The molecule has 238 valence electrons. The number of carbonyl (C=O) groups excluding carboxylic acids is 1. The summed E-state index contributed by atoms with van der Waals surface area (Å²) in [6, 6.07) is 3.30. The minimum Gasteiger partial charge on any atom is -0.872 e. The molecule has 0 spiro atoms. The van der Waals surface area contributed by atoms with Gasteiger partial charge in [0.1, 0.15) is 5.78 Å². The summed E-state index contributed by atoms with van der Waals surface area (Å²) in [6.07, 6.45) is 3.21. The van der Waals surface area contributed by atoms with Gasteiger partial charge in [-0.3, -0.25) is 4.79 Å². The zero-order valence-corrected chi connectivity index (χ0v) is 26.8. The van der Waals surface area contributed by atoms with Crippen molar-refractivity contribution < 1.29 is 39.5 Å². The molecule has 3 N–H and O–H groups in total. The fourth-order valence-electron chi connectivity index (χ4n) is 7.43. The molecule has 0 saturated carbocycles. The number of aliphatic hydroxyl groups is 2. The van der Waals surface area contributed by atoms with Gasteiger partial charge in [-0.05, 0) is 82.6 Å². The summed E-state index contributed by atoms with van der Waals surface area (Å²) in [7, 11) is 0. The Morgan fingerprint density at radius 3 is 2.36 bits per heavy atom. The van der Waals surface area contributed by atoms with Crippen LogP contribution in [0, 0.1) is 30.6 Å². The number of ketones is 1. The Kier molecular flexibility index (Phi) is 11.3. The highest BCUT2D eigenvalue weighted by Crippen LogP contribution is 2.48. The van der Waals surface area contributed by atoms with Gasteiger partial charge in [0.15, 0.2) is 0 Å². The second kappa shape index (κ2) is 13.7. The molecule has 8 nitrogen and oxygen atoms in total. The normalized spacial score (nSPS) is 32.7. The van der Waals surface area contributed by atoms with Crippen molar-refractivity contribution in [2.45, 2.75) is 142 Å². The van der Waals surface area contributed by atoms with E-state index in [1.54, 1.807) is 26.0 Å². The number of hydrogen-bond donors (Lipinski definition) is 3. The van der Waals surface area contributed by atoms with E-state index < -0.39 is 34.9 Å². The molecule has 10 atom stereocenters. The van der Waals surface area contributed by atoms with E-state index >= 15 is 0 Å². The van der Waals surface area contributed by atoms with E-state index in [1.165, 1.54) is 0 Å². The predicted octanol–water partition coefficient (Wildman–Crippen LogP) is 5.21. The number of rotatable bonds is 13. The molecule has 0 unspecified atom stereocenters. The van der Waals surface area contributed by atoms with Gasteiger partial charge in [0.05, 0.1) is 41.2 Å². The average Bonchev–Trinajstić information content (AvgIpc) is 3.31. The van der Waals surface area contributed by atoms with Gasteiger partial charge in [-0.2, -0.15) is 0 Å². The van der Waals surface area contributed by atoms with Gasteiger partial charge in [-0.1, -0.05) is 65.0 Å². The molecule has 1 aromatic rings. The Morgan fingerprint density at radius 1 is 1.14 bits per heavy atom. The van der Waals surface area contributed by atoms with Crippen LogP contribution in [-0.4, -0.2) is 62.7 Å². The molecule has 3 rings (SSSR count). The van der Waals surface area contributed by atoms with Crippen LogP contribution in [0.5, 0.6) is 5.75 Å². The Balaban J connectivity index is 1.69. The average molecular weight is 590 g/mol. The Bertz CT molecular complexity index is 1100. The number of hydrogen-bond acceptors (Lipinski definition) is 7. The first-order chi connectivity index (χ1) is 19.7. The van der Waals surface area contributed by atoms with Crippen LogP contribution in [0.2, 0.25) is 0 Å². The van der Waals surface area contributed by atoms with Crippen molar-refractivity contribution in [2.75, 3.05) is 0 Å². The van der Waals surface area contributed by atoms with Crippen LogP contribution in [0.3, 0.4) is 0 Å². The Labute approximate surface area is 251 Å². The molecule has 2 aliphatic rings. The minimum absolute atomic E-state index is 0.0257. The van der Waals surface area contributed by atoms with Gasteiger partial charge < -0.3 is 29.9 Å². The van der Waals surface area contributed by atoms with E-state index in [2.05, 4.69) is 13.8 Å². The first kappa shape index (κ1) is 34.5. The van der Waals surface area contributed by atoms with Crippen LogP contribution < -0.4 is 5.11 Å². The van der Waals surface area contributed by atoms with Crippen molar-refractivity contribution in [3.05, 3.63) is 28.8 Å². The summed E-state index contributed by atoms with van der Waals surface area (Å²) in [4.78, 5) is 25.6. The zero-order chi connectivity index (χ0) is 31.6. The number of carboxylic acid groups (broad SMARTS) is 1. The maximum atomic E-state index is 13.9. The molecule has 1 aromatic carbocycles. The van der Waals surface area contributed by atoms with Crippen molar-refractivity contribution in [1.82, 2.24) is 0 Å². The van der Waals surface area contributed by atoms with Crippen LogP contribution >= 0.6 is 0 Å². The number of ether oxygens (including phenoxy) is 2. The van der Waals surface area contributed by atoms with Gasteiger partial charge >= 0.3 is 5.97 Å². The summed E-state index contributed by atoms with van der Waals surface area (Å²) >= 11 is 0. The second-order valence-corrected chi connectivity index (χ2v) is 13.2. The van der Waals surface area contributed by atoms with Gasteiger partial charge in [0.25, 0.3) is 0 Å². The molecule has 0 aromatic heterocycles. The quantitative estimate of drug-likeness (QED) is 0.285. The predicted molar refractivity (Wildman–Crippen MR) is 160 cm³/mol. The number of aryl methyl sites for hydroxylation is 2. The van der Waals surface area contributed by atoms with Crippen molar-refractivity contribution in [3.8, 4) is 5.75 Å². The van der Waals surface area contributed by atoms with Crippen molar-refractivity contribution in [2.24, 2.45) is 23.7 Å². The lowest BCUT2D eigenvalue weighted by atomic mass is 9.76. The van der Waals surface area contributed by atoms with Crippen molar-refractivity contribution in [1.29, 1.82) is 0 Å². The minimum atomic E-state index is -1.25. The van der Waals surface area contributed by atoms with E-state index in [0.717, 1.165) is 12.8 Å². The first-order valence-electron chi connectivity index (χ1n) is 16.0. The third-order valence-corrected chi connectivity index (χ3v) is 10.6. The fraction of sp³-hybridized carbons (Fsp3) is 0.765. The fourth-order valence-corrected chi connectivity index (χ4v) is 7.43. The number of carbonyl (C=O) groups is 2. The molecule has 42 heavy (non-hydrogen) atoms. The second-order valence-electron chi connectivity index (χ2n) is 13.2. The molecule has 0 bridgehead atoms. The Morgan fingerprint density at radius 2 is 1.81 bits per heavy atom. The number of benzene rings is 1. The summed E-state index contributed by atoms with van der Waals surface area (Å²) in [5.41, 5.74) is -0.730. The molecule has 2 fully saturated rings. The number of aliphatic hydroxyl groups excluding tert-OH is 1. The monoisotopic (exact) mass is 589 g/mol. The Hall–Kier alpha value is -2.00. The van der Waals surface area contributed by atoms with Gasteiger partial charge in [-0.25, -0.2) is 4.79 Å². The topological polar surface area (TPSA) is 136 Å². The van der Waals surface area contributed by atoms with E-state index in [0.29, 0.717) is 49.7 Å². The van der Waals surface area contributed by atoms with Gasteiger partial charge in [0.2, 0.25) is 0 Å². The maximum Gasteiger partial charge on any atom is 0.335 e. The first-order valence-corrected chi connectivity index (χ1v) is 16.0. The highest BCUT2D eigenvalue weighted by Gasteiger charge is 2.55. The lowest BCUT2D eigenvalue weighted by molar-refractivity contribution is -0.269. The zero-order valence-electron chi connectivity index (χ0n) is 26.8. The summed E-state index contributed by atoms with van der Waals surface area (Å²) in [5, 5.41) is 44.1. The number of Topliss-reactive ketones (excluding diaryl/α,β-unsaturated/α-hetero) is 1. The lowest BCUT2D eigenvalue weighted by Gasteiger charge is -2.47. The molecule has 0 radical (unpaired) electrons. The van der Waals surface area contributed by atoms with Crippen LogP contribution in [0.25, 0.3) is 0 Å². The van der Waals surface area contributed by atoms with Gasteiger partial charge in [-0.15, -0.1) is 0 Å². The maximum absolute atomic E-state index is 13.9. The van der Waals surface area contributed by atoms with Crippen LogP contribution in [0.15, 0.2) is 12.1 Å².